The molecule has 1 aliphatic carbocycles. The maximum Gasteiger partial charge on any atom is 0.181 e. The molecular weight excluding hydrogens is 436 g/mol. The highest BCUT2D eigenvalue weighted by atomic mass is 15.2. The smallest absolute Gasteiger partial charge is 0.181 e. The summed E-state index contributed by atoms with van der Waals surface area (Å²) in [5.41, 5.74) is 3.32. The molecule has 2 aliphatic heterocycles. The lowest BCUT2D eigenvalue weighted by atomic mass is 9.66. The molecule has 2 heterocycles. The van der Waals surface area contributed by atoms with Crippen LogP contribution in [0.3, 0.4) is 0 Å². The summed E-state index contributed by atoms with van der Waals surface area (Å²) >= 11 is 0. The van der Waals surface area contributed by atoms with Gasteiger partial charge < -0.3 is 4.90 Å². The topological polar surface area (TPSA) is 6.25 Å². The van der Waals surface area contributed by atoms with E-state index in [4.69, 9.17) is 0 Å². The van der Waals surface area contributed by atoms with Gasteiger partial charge in [-0.05, 0) is 50.5 Å². The van der Waals surface area contributed by atoms with Crippen LogP contribution in [0.1, 0.15) is 125 Å². The standard InChI is InChI=1S/C34H61N2/c1-9-11-20-29-25-35(7)32(34(5,6)27(29)4)24-18-23-30-26(3)33(31(19-10-2)36(30)8)28-21-16-14-12-13-15-17-22-28/h18,23-24,26-29,31,33H,9-17,19-22,25H2,1-8H3/q+1. The molecule has 3 rings (SSSR count). The highest BCUT2D eigenvalue weighted by molar-refractivity contribution is 5.96. The molecule has 5 unspecified atom stereocenters. The molecule has 0 aromatic heterocycles. The minimum absolute atomic E-state index is 0.220. The van der Waals surface area contributed by atoms with Crippen LogP contribution in [0.25, 0.3) is 0 Å². The van der Waals surface area contributed by atoms with Crippen LogP contribution in [-0.2, 0) is 0 Å². The molecule has 0 aromatic rings. The predicted molar refractivity (Wildman–Crippen MR) is 159 cm³/mol. The number of nitrogens with zero attached hydrogens (tertiary/aromatic N) is 2. The van der Waals surface area contributed by atoms with Gasteiger partial charge in [0.05, 0.1) is 5.41 Å². The second-order valence-corrected chi connectivity index (χ2v) is 13.4. The summed E-state index contributed by atoms with van der Waals surface area (Å²) in [6, 6.07) is 0.719. The van der Waals surface area contributed by atoms with E-state index in [9.17, 15) is 0 Å². The second-order valence-electron chi connectivity index (χ2n) is 13.4. The summed E-state index contributed by atoms with van der Waals surface area (Å²) in [4.78, 5) is 2.69. The molecule has 1 saturated heterocycles. The van der Waals surface area contributed by atoms with E-state index in [1.807, 2.05) is 0 Å². The summed E-state index contributed by atoms with van der Waals surface area (Å²) in [7, 11) is 4.73. The third-order valence-corrected chi connectivity index (χ3v) is 10.8. The Morgan fingerprint density at radius 3 is 2.19 bits per heavy atom. The predicted octanol–water partition coefficient (Wildman–Crippen LogP) is 9.11. The molecule has 5 atom stereocenters. The van der Waals surface area contributed by atoms with Gasteiger partial charge in [0, 0.05) is 36.7 Å². The van der Waals surface area contributed by atoms with Gasteiger partial charge in [0.15, 0.2) is 5.71 Å². The van der Waals surface area contributed by atoms with Crippen LogP contribution < -0.4 is 0 Å². The summed E-state index contributed by atoms with van der Waals surface area (Å²) < 4.78 is 2.57. The minimum atomic E-state index is 0.220. The Labute approximate surface area is 225 Å². The number of likely N-dealkylation sites (tertiary alicyclic amines) is 1. The van der Waals surface area contributed by atoms with Crippen LogP contribution in [0.5, 0.6) is 0 Å². The van der Waals surface area contributed by atoms with Crippen molar-refractivity contribution in [2.75, 3.05) is 20.6 Å². The normalized spacial score (nSPS) is 33.8. The molecule has 3 aliphatic rings. The lowest BCUT2D eigenvalue weighted by molar-refractivity contribution is -0.518. The Hall–Kier alpha value is -1.05. The van der Waals surface area contributed by atoms with E-state index in [1.54, 1.807) is 5.70 Å². The fourth-order valence-electron chi connectivity index (χ4n) is 8.33. The van der Waals surface area contributed by atoms with Gasteiger partial charge in [-0.3, -0.25) is 0 Å². The van der Waals surface area contributed by atoms with Gasteiger partial charge in [-0.15, -0.1) is 0 Å². The first kappa shape index (κ1) is 29.5. The fraction of sp³-hybridized carbons (Fsp3) is 0.853. The Morgan fingerprint density at radius 2 is 1.58 bits per heavy atom. The van der Waals surface area contributed by atoms with Gasteiger partial charge in [0.1, 0.15) is 13.6 Å². The van der Waals surface area contributed by atoms with E-state index in [-0.39, 0.29) is 5.41 Å². The van der Waals surface area contributed by atoms with Crippen molar-refractivity contribution in [1.82, 2.24) is 4.90 Å². The lowest BCUT2D eigenvalue weighted by Crippen LogP contribution is -2.47. The third-order valence-electron chi connectivity index (χ3n) is 10.8. The number of hydrogen-bond donors (Lipinski definition) is 0. The molecule has 206 valence electrons. The van der Waals surface area contributed by atoms with Crippen molar-refractivity contribution >= 4 is 5.71 Å². The van der Waals surface area contributed by atoms with Crippen molar-refractivity contribution in [2.45, 2.75) is 131 Å². The zero-order valence-corrected chi connectivity index (χ0v) is 25.5. The number of rotatable bonds is 8. The highest BCUT2D eigenvalue weighted by Crippen LogP contribution is 2.46. The molecule has 2 heteroatoms. The van der Waals surface area contributed by atoms with Crippen LogP contribution in [0.2, 0.25) is 0 Å². The maximum atomic E-state index is 2.69. The van der Waals surface area contributed by atoms with Gasteiger partial charge in [0.2, 0.25) is 0 Å². The molecule has 0 aromatic carbocycles. The van der Waals surface area contributed by atoms with Crippen molar-refractivity contribution in [3.63, 3.8) is 0 Å². The van der Waals surface area contributed by atoms with E-state index in [0.717, 1.165) is 29.7 Å². The molecule has 2 fully saturated rings. The van der Waals surface area contributed by atoms with Crippen LogP contribution in [0.4, 0.5) is 0 Å². The fourth-order valence-corrected chi connectivity index (χ4v) is 8.33. The molecule has 36 heavy (non-hydrogen) atoms. The zero-order chi connectivity index (χ0) is 26.3. The van der Waals surface area contributed by atoms with Crippen molar-refractivity contribution < 1.29 is 4.58 Å². The van der Waals surface area contributed by atoms with Crippen LogP contribution in [-0.4, -0.2) is 41.9 Å². The largest absolute Gasteiger partial charge is 0.374 e. The van der Waals surface area contributed by atoms with E-state index in [1.165, 1.54) is 95.7 Å². The molecule has 0 bridgehead atoms. The lowest BCUT2D eigenvalue weighted by Gasteiger charge is -2.39. The van der Waals surface area contributed by atoms with Crippen molar-refractivity contribution in [3.8, 4) is 0 Å². The van der Waals surface area contributed by atoms with Crippen LogP contribution >= 0.6 is 0 Å². The van der Waals surface area contributed by atoms with Gasteiger partial charge in [-0.1, -0.05) is 104 Å². The molecule has 0 radical (unpaired) electrons. The number of unbranched alkanes of at least 4 members (excludes halogenated alkanes) is 1. The maximum absolute atomic E-state index is 2.69. The monoisotopic (exact) mass is 497 g/mol. The van der Waals surface area contributed by atoms with Crippen molar-refractivity contribution in [3.05, 3.63) is 23.9 Å². The number of hydrogen-bond acceptors (Lipinski definition) is 1. The molecule has 0 spiro atoms. The van der Waals surface area contributed by atoms with E-state index in [2.05, 4.69) is 83.3 Å². The Morgan fingerprint density at radius 1 is 0.944 bits per heavy atom. The minimum Gasteiger partial charge on any atom is -0.374 e. The Kier molecular flexibility index (Phi) is 11.2. The summed E-state index contributed by atoms with van der Waals surface area (Å²) in [6.45, 7) is 15.9. The van der Waals surface area contributed by atoms with Gasteiger partial charge in [-0.25, -0.2) is 4.58 Å². The van der Waals surface area contributed by atoms with Crippen molar-refractivity contribution in [1.29, 1.82) is 0 Å². The van der Waals surface area contributed by atoms with Crippen molar-refractivity contribution in [2.24, 2.45) is 35.0 Å². The quantitative estimate of drug-likeness (QED) is 0.303. The van der Waals surface area contributed by atoms with E-state index < -0.39 is 0 Å². The average molecular weight is 498 g/mol. The average Bonchev–Trinajstić information content (AvgIpc) is 3.15. The SMILES string of the molecule is CCCCC1C[N+](C)=C(C=CC=C2C(C)C(C3CCCCCCCC3)C(CCC)N2C)C(C)(C)C1C. The summed E-state index contributed by atoms with van der Waals surface area (Å²) in [6.07, 6.45) is 25.7. The van der Waals surface area contributed by atoms with E-state index in [0.29, 0.717) is 5.92 Å². The third kappa shape index (κ3) is 6.68. The Balaban J connectivity index is 1.82. The number of allylic oxidation sites excluding steroid dienone is 4. The van der Waals surface area contributed by atoms with Crippen LogP contribution in [0, 0.1) is 35.0 Å². The highest BCUT2D eigenvalue weighted by Gasteiger charge is 2.45. The molecule has 0 N–H and O–H groups in total. The summed E-state index contributed by atoms with van der Waals surface area (Å²) in [5.74, 6) is 3.94. The van der Waals surface area contributed by atoms with Gasteiger partial charge >= 0.3 is 0 Å². The molecule has 0 amide bonds. The first-order chi connectivity index (χ1) is 17.2. The molecular formula is C34H61N2+. The first-order valence-corrected chi connectivity index (χ1v) is 15.9. The van der Waals surface area contributed by atoms with Crippen LogP contribution in [0.15, 0.2) is 23.9 Å². The zero-order valence-electron chi connectivity index (χ0n) is 25.5. The summed E-state index contributed by atoms with van der Waals surface area (Å²) in [5, 5.41) is 0. The molecule has 1 saturated carbocycles. The van der Waals surface area contributed by atoms with Gasteiger partial charge in [0.25, 0.3) is 0 Å². The first-order valence-electron chi connectivity index (χ1n) is 15.9. The molecule has 2 nitrogen and oxygen atoms in total. The van der Waals surface area contributed by atoms with E-state index >= 15 is 0 Å². The Bertz CT molecular complexity index is 762. The van der Waals surface area contributed by atoms with Gasteiger partial charge in [-0.2, -0.15) is 0 Å². The second kappa shape index (κ2) is 13.7.